The lowest BCUT2D eigenvalue weighted by atomic mass is 10.2. The van der Waals surface area contributed by atoms with Crippen molar-refractivity contribution in [3.05, 3.63) is 61.6 Å². The summed E-state index contributed by atoms with van der Waals surface area (Å²) in [5, 5.41) is 19.7. The number of nitrogens with zero attached hydrogens (tertiary/aromatic N) is 1. The van der Waals surface area contributed by atoms with Crippen molar-refractivity contribution in [2.24, 2.45) is 0 Å². The lowest BCUT2D eigenvalue weighted by Gasteiger charge is -2.09. The van der Waals surface area contributed by atoms with E-state index in [0.717, 1.165) is 5.56 Å². The zero-order valence-corrected chi connectivity index (χ0v) is 12.4. The predicted octanol–water partition coefficient (Wildman–Crippen LogP) is 4.30. The quantitative estimate of drug-likeness (QED) is 0.653. The van der Waals surface area contributed by atoms with Crippen LogP contribution in [-0.2, 0) is 6.61 Å². The largest absolute Gasteiger partial charge is 0.456 e. The molecule has 0 fully saturated rings. The van der Waals surface area contributed by atoms with Crippen molar-refractivity contribution in [2.75, 3.05) is 0 Å². The Kier molecular flexibility index (Phi) is 4.59. The first-order valence-corrected chi connectivity index (χ1v) is 6.69. The number of hydrogen-bond donors (Lipinski definition) is 1. The number of ether oxygens (including phenoxy) is 1. The minimum absolute atomic E-state index is 0.00982. The number of nitro groups is 1. The summed E-state index contributed by atoms with van der Waals surface area (Å²) in [6, 6.07) is 9.26. The van der Waals surface area contributed by atoms with Gasteiger partial charge in [0.05, 0.1) is 16.0 Å². The van der Waals surface area contributed by atoms with Gasteiger partial charge in [0.15, 0.2) is 0 Å². The van der Waals surface area contributed by atoms with E-state index in [1.54, 1.807) is 18.2 Å². The van der Waals surface area contributed by atoms with Crippen LogP contribution in [0.5, 0.6) is 11.5 Å². The predicted molar refractivity (Wildman–Crippen MR) is 78.2 cm³/mol. The summed E-state index contributed by atoms with van der Waals surface area (Å²) in [5.41, 5.74) is 0.569. The van der Waals surface area contributed by atoms with Crippen molar-refractivity contribution in [3.8, 4) is 11.5 Å². The van der Waals surface area contributed by atoms with Gasteiger partial charge in [-0.3, -0.25) is 10.1 Å². The van der Waals surface area contributed by atoms with Crippen LogP contribution in [-0.4, -0.2) is 10.0 Å². The highest BCUT2D eigenvalue weighted by Gasteiger charge is 2.13. The molecule has 2 aromatic rings. The summed E-state index contributed by atoms with van der Waals surface area (Å²) in [7, 11) is 0. The molecule has 2 rings (SSSR count). The molecule has 20 heavy (non-hydrogen) atoms. The van der Waals surface area contributed by atoms with Crippen LogP contribution in [0.3, 0.4) is 0 Å². The molecule has 104 valence electrons. The monoisotopic (exact) mass is 357 g/mol. The van der Waals surface area contributed by atoms with E-state index in [9.17, 15) is 10.1 Å². The van der Waals surface area contributed by atoms with Crippen LogP contribution in [0.25, 0.3) is 0 Å². The second-order valence-corrected chi connectivity index (χ2v) is 5.16. The number of aliphatic hydroxyl groups excluding tert-OH is 1. The molecule has 0 heterocycles. The Morgan fingerprint density at radius 1 is 1.30 bits per heavy atom. The average molecular weight is 359 g/mol. The van der Waals surface area contributed by atoms with Gasteiger partial charge in [-0.05, 0) is 39.7 Å². The molecule has 0 atom stereocenters. The molecule has 0 saturated heterocycles. The van der Waals surface area contributed by atoms with E-state index in [2.05, 4.69) is 15.9 Å². The fourth-order valence-electron chi connectivity index (χ4n) is 1.55. The first-order valence-electron chi connectivity index (χ1n) is 5.52. The van der Waals surface area contributed by atoms with Crippen LogP contribution >= 0.6 is 27.5 Å². The van der Waals surface area contributed by atoms with E-state index in [-0.39, 0.29) is 17.3 Å². The van der Waals surface area contributed by atoms with Gasteiger partial charge in [-0.25, -0.2) is 0 Å². The fraction of sp³-hybridized carbons (Fsp3) is 0.0769. The van der Waals surface area contributed by atoms with E-state index in [0.29, 0.717) is 16.0 Å². The maximum absolute atomic E-state index is 10.7. The Bertz CT molecular complexity index is 663. The van der Waals surface area contributed by atoms with Crippen molar-refractivity contribution in [3.63, 3.8) is 0 Å². The number of benzene rings is 2. The number of rotatable bonds is 4. The molecule has 0 aromatic heterocycles. The standard InChI is InChI=1S/C13H9BrClNO4/c14-10-5-8(7-17)1-4-13(10)20-9-2-3-12(16(18)19)11(15)6-9/h1-6,17H,7H2. The van der Waals surface area contributed by atoms with Crippen molar-refractivity contribution < 1.29 is 14.8 Å². The third-order valence-corrected chi connectivity index (χ3v) is 3.44. The normalized spacial score (nSPS) is 10.3. The van der Waals surface area contributed by atoms with Gasteiger partial charge in [0.25, 0.3) is 5.69 Å². The number of halogens is 2. The zero-order valence-electron chi connectivity index (χ0n) is 10.0. The summed E-state index contributed by atoms with van der Waals surface area (Å²) in [4.78, 5) is 10.1. The van der Waals surface area contributed by atoms with Gasteiger partial charge in [0.1, 0.15) is 16.5 Å². The zero-order chi connectivity index (χ0) is 14.7. The van der Waals surface area contributed by atoms with E-state index < -0.39 is 4.92 Å². The molecule has 0 bridgehead atoms. The Labute approximate surface area is 128 Å². The van der Waals surface area contributed by atoms with Gasteiger partial charge in [-0.1, -0.05) is 17.7 Å². The lowest BCUT2D eigenvalue weighted by Crippen LogP contribution is -1.91. The highest BCUT2D eigenvalue weighted by Crippen LogP contribution is 2.34. The van der Waals surface area contributed by atoms with Gasteiger partial charge in [-0.15, -0.1) is 0 Å². The molecule has 2 aromatic carbocycles. The van der Waals surface area contributed by atoms with E-state index >= 15 is 0 Å². The minimum atomic E-state index is -0.557. The molecule has 0 saturated carbocycles. The van der Waals surface area contributed by atoms with E-state index in [4.69, 9.17) is 21.4 Å². The van der Waals surface area contributed by atoms with Crippen molar-refractivity contribution in [2.45, 2.75) is 6.61 Å². The van der Waals surface area contributed by atoms with Gasteiger partial charge in [-0.2, -0.15) is 0 Å². The molecule has 1 N–H and O–H groups in total. The van der Waals surface area contributed by atoms with Gasteiger partial charge < -0.3 is 9.84 Å². The highest BCUT2D eigenvalue weighted by molar-refractivity contribution is 9.10. The van der Waals surface area contributed by atoms with Crippen molar-refractivity contribution >= 4 is 33.2 Å². The molecule has 0 spiro atoms. The lowest BCUT2D eigenvalue weighted by molar-refractivity contribution is -0.384. The van der Waals surface area contributed by atoms with Gasteiger partial charge >= 0.3 is 0 Å². The molecule has 0 radical (unpaired) electrons. The maximum Gasteiger partial charge on any atom is 0.288 e. The molecule has 5 nitrogen and oxygen atoms in total. The minimum Gasteiger partial charge on any atom is -0.456 e. The Hall–Kier alpha value is -1.63. The Morgan fingerprint density at radius 2 is 2.05 bits per heavy atom. The van der Waals surface area contributed by atoms with Crippen LogP contribution < -0.4 is 4.74 Å². The smallest absolute Gasteiger partial charge is 0.288 e. The van der Waals surface area contributed by atoms with Crippen molar-refractivity contribution in [1.29, 1.82) is 0 Å². The molecule has 0 unspecified atom stereocenters. The summed E-state index contributed by atoms with van der Waals surface area (Å²) >= 11 is 9.14. The molecule has 0 aliphatic carbocycles. The van der Waals surface area contributed by atoms with Crippen LogP contribution in [0.1, 0.15) is 5.56 Å². The number of aliphatic hydroxyl groups is 1. The summed E-state index contributed by atoms with van der Waals surface area (Å²) in [6.45, 7) is -0.0672. The first kappa shape index (κ1) is 14.8. The number of hydrogen-bond acceptors (Lipinski definition) is 4. The topological polar surface area (TPSA) is 72.6 Å². The van der Waals surface area contributed by atoms with Crippen LogP contribution in [0.4, 0.5) is 5.69 Å². The first-order chi connectivity index (χ1) is 9.51. The Balaban J connectivity index is 2.26. The third kappa shape index (κ3) is 3.27. The third-order valence-electron chi connectivity index (χ3n) is 2.52. The Morgan fingerprint density at radius 3 is 2.60 bits per heavy atom. The van der Waals surface area contributed by atoms with Crippen LogP contribution in [0.15, 0.2) is 40.9 Å². The van der Waals surface area contributed by atoms with E-state index in [1.807, 2.05) is 0 Å². The maximum atomic E-state index is 10.7. The highest BCUT2D eigenvalue weighted by atomic mass is 79.9. The van der Waals surface area contributed by atoms with Crippen LogP contribution in [0, 0.1) is 10.1 Å². The second-order valence-electron chi connectivity index (χ2n) is 3.90. The van der Waals surface area contributed by atoms with Gasteiger partial charge in [0.2, 0.25) is 0 Å². The summed E-state index contributed by atoms with van der Waals surface area (Å²) in [5.74, 6) is 0.908. The van der Waals surface area contributed by atoms with Crippen LogP contribution in [0.2, 0.25) is 5.02 Å². The number of nitro benzene ring substituents is 1. The average Bonchev–Trinajstić information content (AvgIpc) is 2.40. The van der Waals surface area contributed by atoms with Gasteiger partial charge in [0, 0.05) is 12.1 Å². The molecular weight excluding hydrogens is 350 g/mol. The molecule has 0 amide bonds. The van der Waals surface area contributed by atoms with Crippen molar-refractivity contribution in [1.82, 2.24) is 0 Å². The fourth-order valence-corrected chi connectivity index (χ4v) is 2.30. The molecular formula is C13H9BrClNO4. The molecule has 7 heteroatoms. The van der Waals surface area contributed by atoms with E-state index in [1.165, 1.54) is 18.2 Å². The molecule has 0 aliphatic rings. The molecule has 0 aliphatic heterocycles. The SMILES string of the molecule is O=[N+]([O-])c1ccc(Oc2ccc(CO)cc2Br)cc1Cl. The summed E-state index contributed by atoms with van der Waals surface area (Å²) < 4.78 is 6.25. The summed E-state index contributed by atoms with van der Waals surface area (Å²) in [6.07, 6.45) is 0. The second kappa shape index (κ2) is 6.21.